The summed E-state index contributed by atoms with van der Waals surface area (Å²) in [6.45, 7) is 3.60. The number of amides is 1. The van der Waals surface area contributed by atoms with Crippen molar-refractivity contribution in [2.24, 2.45) is 0 Å². The Labute approximate surface area is 155 Å². The lowest BCUT2D eigenvalue weighted by Crippen LogP contribution is -2.12. The first-order valence-electron chi connectivity index (χ1n) is 8.07. The van der Waals surface area contributed by atoms with E-state index in [9.17, 15) is 9.18 Å². The highest BCUT2D eigenvalue weighted by Crippen LogP contribution is 2.23. The summed E-state index contributed by atoms with van der Waals surface area (Å²) in [7, 11) is 0. The second-order valence-corrected chi connectivity index (χ2v) is 6.41. The zero-order chi connectivity index (χ0) is 18.7. The molecule has 1 amide bonds. The number of rotatable bonds is 5. The lowest BCUT2D eigenvalue weighted by molar-refractivity contribution is -0.116. The van der Waals surface area contributed by atoms with Gasteiger partial charge in [-0.1, -0.05) is 35.0 Å². The molecular formula is C19H17ClFN3O2. The van der Waals surface area contributed by atoms with Crippen LogP contribution in [0.3, 0.4) is 0 Å². The monoisotopic (exact) mass is 373 g/mol. The Morgan fingerprint density at radius 1 is 1.23 bits per heavy atom. The maximum absolute atomic E-state index is 13.6. The summed E-state index contributed by atoms with van der Waals surface area (Å²) < 4.78 is 18.8. The van der Waals surface area contributed by atoms with Gasteiger partial charge in [0.1, 0.15) is 5.82 Å². The molecule has 2 aromatic carbocycles. The molecule has 1 heterocycles. The molecule has 3 rings (SSSR count). The summed E-state index contributed by atoms with van der Waals surface area (Å²) in [5, 5.41) is 7.07. The number of carbonyl (C=O) groups excluding carboxylic acids is 1. The van der Waals surface area contributed by atoms with E-state index < -0.39 is 0 Å². The molecule has 0 bridgehead atoms. The minimum Gasteiger partial charge on any atom is -0.339 e. The van der Waals surface area contributed by atoms with Crippen LogP contribution in [-0.2, 0) is 11.2 Å². The summed E-state index contributed by atoms with van der Waals surface area (Å²) in [6, 6.07) is 10.1. The molecule has 134 valence electrons. The summed E-state index contributed by atoms with van der Waals surface area (Å²) in [5.41, 5.74) is 2.64. The Morgan fingerprint density at radius 2 is 2.04 bits per heavy atom. The Kier molecular flexibility index (Phi) is 5.32. The summed E-state index contributed by atoms with van der Waals surface area (Å²) in [5.74, 6) is 0.0621. The van der Waals surface area contributed by atoms with Crippen molar-refractivity contribution in [2.45, 2.75) is 26.7 Å². The standard InChI is InChI=1S/C19H17ClFN3O2/c1-11-3-6-16(14(20)9-11)22-17(25)7-8-18-23-19(24-26-18)13-5-4-12(2)15(21)10-13/h3-6,9-10H,7-8H2,1-2H3,(H,22,25). The van der Waals surface area contributed by atoms with Gasteiger partial charge in [0.15, 0.2) is 0 Å². The van der Waals surface area contributed by atoms with Gasteiger partial charge in [0.05, 0.1) is 10.7 Å². The average Bonchev–Trinajstić information content (AvgIpc) is 3.07. The van der Waals surface area contributed by atoms with Gasteiger partial charge >= 0.3 is 0 Å². The molecule has 0 aliphatic heterocycles. The molecular weight excluding hydrogens is 357 g/mol. The largest absolute Gasteiger partial charge is 0.339 e. The van der Waals surface area contributed by atoms with E-state index in [0.29, 0.717) is 33.6 Å². The summed E-state index contributed by atoms with van der Waals surface area (Å²) in [6.07, 6.45) is 0.435. The maximum Gasteiger partial charge on any atom is 0.227 e. The maximum atomic E-state index is 13.6. The average molecular weight is 374 g/mol. The second-order valence-electron chi connectivity index (χ2n) is 6.01. The highest BCUT2D eigenvalue weighted by molar-refractivity contribution is 6.33. The van der Waals surface area contributed by atoms with Crippen LogP contribution in [0.2, 0.25) is 5.02 Å². The van der Waals surface area contributed by atoms with Crippen molar-refractivity contribution in [3.63, 3.8) is 0 Å². The molecule has 0 fully saturated rings. The van der Waals surface area contributed by atoms with Crippen molar-refractivity contribution in [3.05, 3.63) is 64.3 Å². The topological polar surface area (TPSA) is 68.0 Å². The van der Waals surface area contributed by atoms with Gasteiger partial charge in [0.2, 0.25) is 17.6 Å². The van der Waals surface area contributed by atoms with Gasteiger partial charge in [0, 0.05) is 18.4 Å². The van der Waals surface area contributed by atoms with Crippen molar-refractivity contribution in [1.82, 2.24) is 10.1 Å². The first kappa shape index (κ1) is 18.1. The molecule has 0 atom stereocenters. The third-order valence-corrected chi connectivity index (χ3v) is 4.18. The molecule has 0 unspecified atom stereocenters. The van der Waals surface area contributed by atoms with Gasteiger partial charge in [-0.2, -0.15) is 4.98 Å². The van der Waals surface area contributed by atoms with Crippen LogP contribution < -0.4 is 5.32 Å². The first-order valence-corrected chi connectivity index (χ1v) is 8.45. The van der Waals surface area contributed by atoms with Crippen LogP contribution in [0, 0.1) is 19.7 Å². The highest BCUT2D eigenvalue weighted by Gasteiger charge is 2.13. The fourth-order valence-corrected chi connectivity index (χ4v) is 2.64. The number of benzene rings is 2. The minimum absolute atomic E-state index is 0.161. The van der Waals surface area contributed by atoms with Crippen LogP contribution in [0.4, 0.5) is 10.1 Å². The van der Waals surface area contributed by atoms with E-state index >= 15 is 0 Å². The van der Waals surface area contributed by atoms with Gasteiger partial charge in [-0.3, -0.25) is 4.79 Å². The van der Waals surface area contributed by atoms with Gasteiger partial charge in [-0.15, -0.1) is 0 Å². The second kappa shape index (κ2) is 7.66. The molecule has 0 aliphatic carbocycles. The molecule has 26 heavy (non-hydrogen) atoms. The smallest absolute Gasteiger partial charge is 0.227 e. The van der Waals surface area contributed by atoms with E-state index in [1.54, 1.807) is 31.2 Å². The fourth-order valence-electron chi connectivity index (χ4n) is 2.36. The van der Waals surface area contributed by atoms with Crippen LogP contribution in [-0.4, -0.2) is 16.0 Å². The zero-order valence-electron chi connectivity index (χ0n) is 14.3. The molecule has 1 aromatic heterocycles. The number of nitrogens with zero attached hydrogens (tertiary/aromatic N) is 2. The van der Waals surface area contributed by atoms with Gasteiger partial charge in [-0.25, -0.2) is 4.39 Å². The Balaban J connectivity index is 1.60. The number of aryl methyl sites for hydroxylation is 3. The third kappa shape index (κ3) is 4.26. The van der Waals surface area contributed by atoms with Crippen molar-refractivity contribution < 1.29 is 13.7 Å². The molecule has 5 nitrogen and oxygen atoms in total. The Hall–Kier alpha value is -2.73. The van der Waals surface area contributed by atoms with Gasteiger partial charge in [-0.05, 0) is 43.2 Å². The van der Waals surface area contributed by atoms with Crippen LogP contribution in [0.25, 0.3) is 11.4 Å². The number of hydrogen-bond donors (Lipinski definition) is 1. The van der Waals surface area contributed by atoms with Crippen LogP contribution in [0.5, 0.6) is 0 Å². The van der Waals surface area contributed by atoms with E-state index in [1.807, 2.05) is 13.0 Å². The van der Waals surface area contributed by atoms with E-state index in [-0.39, 0.29) is 24.6 Å². The van der Waals surface area contributed by atoms with Crippen LogP contribution >= 0.6 is 11.6 Å². The quantitative estimate of drug-likeness (QED) is 0.702. The molecule has 0 aliphatic rings. The molecule has 1 N–H and O–H groups in total. The normalized spacial score (nSPS) is 10.8. The Morgan fingerprint density at radius 3 is 2.77 bits per heavy atom. The summed E-state index contributed by atoms with van der Waals surface area (Å²) in [4.78, 5) is 16.3. The van der Waals surface area contributed by atoms with Crippen molar-refractivity contribution in [1.29, 1.82) is 0 Å². The van der Waals surface area contributed by atoms with Crippen LogP contribution in [0.15, 0.2) is 40.9 Å². The zero-order valence-corrected chi connectivity index (χ0v) is 15.1. The van der Waals surface area contributed by atoms with Crippen LogP contribution in [0.1, 0.15) is 23.4 Å². The lowest BCUT2D eigenvalue weighted by Gasteiger charge is -2.07. The number of hydrogen-bond acceptors (Lipinski definition) is 4. The minimum atomic E-state index is -0.330. The molecule has 0 radical (unpaired) electrons. The third-order valence-electron chi connectivity index (χ3n) is 3.86. The van der Waals surface area contributed by atoms with Gasteiger partial charge in [0.25, 0.3) is 0 Å². The SMILES string of the molecule is Cc1ccc(NC(=O)CCc2nc(-c3ccc(C)c(F)c3)no2)c(Cl)c1. The lowest BCUT2D eigenvalue weighted by atomic mass is 10.1. The van der Waals surface area contributed by atoms with E-state index in [4.69, 9.17) is 16.1 Å². The highest BCUT2D eigenvalue weighted by atomic mass is 35.5. The van der Waals surface area contributed by atoms with E-state index in [1.165, 1.54) is 6.07 Å². The van der Waals surface area contributed by atoms with E-state index in [2.05, 4.69) is 15.5 Å². The molecule has 3 aromatic rings. The first-order chi connectivity index (χ1) is 12.4. The van der Waals surface area contributed by atoms with Crippen molar-refractivity contribution in [3.8, 4) is 11.4 Å². The van der Waals surface area contributed by atoms with Crippen molar-refractivity contribution >= 4 is 23.2 Å². The number of anilines is 1. The molecule has 0 spiro atoms. The van der Waals surface area contributed by atoms with Gasteiger partial charge < -0.3 is 9.84 Å². The van der Waals surface area contributed by atoms with E-state index in [0.717, 1.165) is 5.56 Å². The number of nitrogens with one attached hydrogen (secondary N) is 1. The predicted molar refractivity (Wildman–Crippen MR) is 97.6 cm³/mol. The molecule has 0 saturated carbocycles. The predicted octanol–water partition coefficient (Wildman–Crippen LogP) is 4.72. The number of halogens is 2. The number of carbonyl (C=O) groups is 1. The summed E-state index contributed by atoms with van der Waals surface area (Å²) >= 11 is 6.10. The van der Waals surface area contributed by atoms with Crippen molar-refractivity contribution in [2.75, 3.05) is 5.32 Å². The fraction of sp³-hybridized carbons (Fsp3) is 0.211. The molecule has 0 saturated heterocycles. The molecule has 7 heteroatoms. The Bertz CT molecular complexity index is 956. The number of aromatic nitrogens is 2.